The molecule has 1 heterocycles. The van der Waals surface area contributed by atoms with Crippen LogP contribution in [0.25, 0.3) is 6.08 Å². The van der Waals surface area contributed by atoms with Gasteiger partial charge < -0.3 is 5.32 Å². The van der Waals surface area contributed by atoms with Gasteiger partial charge in [0.1, 0.15) is 5.50 Å². The summed E-state index contributed by atoms with van der Waals surface area (Å²) in [6.45, 7) is 0. The van der Waals surface area contributed by atoms with E-state index >= 15 is 0 Å². The zero-order valence-electron chi connectivity index (χ0n) is 5.84. The second kappa shape index (κ2) is 2.59. The molecule has 0 amide bonds. The van der Waals surface area contributed by atoms with E-state index in [0.717, 1.165) is 11.1 Å². The van der Waals surface area contributed by atoms with E-state index in [0.29, 0.717) is 0 Å². The Morgan fingerprint density at radius 3 is 3.27 bits per heavy atom. The quantitative estimate of drug-likeness (QED) is 0.458. The molecule has 0 saturated heterocycles. The van der Waals surface area contributed by atoms with E-state index < -0.39 is 0 Å². The molecule has 1 aromatic rings. The fourth-order valence-electron chi connectivity index (χ4n) is 1.13. The Bertz CT molecular complexity index is 293. The summed E-state index contributed by atoms with van der Waals surface area (Å²) in [5.41, 5.74) is 2.07. The third kappa shape index (κ3) is 1.12. The minimum absolute atomic E-state index is 0.104. The maximum Gasteiger partial charge on any atom is 0.127 e. The number of nitrogens with one attached hydrogen (secondary N) is 1. The predicted molar refractivity (Wildman–Crippen MR) is 46.0 cm³/mol. The fourth-order valence-corrected chi connectivity index (χ4v) is 1.40. The van der Waals surface area contributed by atoms with Crippen molar-refractivity contribution in [1.82, 2.24) is 5.32 Å². The van der Waals surface area contributed by atoms with Gasteiger partial charge in [0.05, 0.1) is 0 Å². The van der Waals surface area contributed by atoms with Crippen LogP contribution in [-0.4, -0.2) is 0 Å². The van der Waals surface area contributed by atoms with Crippen molar-refractivity contribution in [1.29, 1.82) is 0 Å². The first-order valence-electron chi connectivity index (χ1n) is 3.45. The fraction of sp³-hybridized carbons (Fsp3) is 0.111. The molecule has 55 valence electrons. The molecule has 1 aliphatic rings. The Kier molecular flexibility index (Phi) is 1.59. The van der Waals surface area contributed by atoms with Gasteiger partial charge in [-0.05, 0) is 29.5 Å². The zero-order valence-corrected chi connectivity index (χ0v) is 6.60. The number of benzene rings is 1. The number of alkyl halides is 1. The summed E-state index contributed by atoms with van der Waals surface area (Å²) in [7, 11) is 0. The Labute approximate surface area is 70.7 Å². The zero-order chi connectivity index (χ0) is 7.68. The molecule has 2 rings (SSSR count). The molecule has 1 radical (unpaired) electrons. The average molecular weight is 165 g/mol. The van der Waals surface area contributed by atoms with Crippen LogP contribution < -0.4 is 5.32 Å². The Morgan fingerprint density at radius 2 is 2.45 bits per heavy atom. The monoisotopic (exact) mass is 164 g/mol. The summed E-state index contributed by atoms with van der Waals surface area (Å²) < 4.78 is 0. The molecule has 0 fully saturated rings. The number of halogens is 1. The lowest BCUT2D eigenvalue weighted by atomic mass is 10.1. The molecule has 2 heteroatoms. The molecule has 0 aliphatic carbocycles. The lowest BCUT2D eigenvalue weighted by Gasteiger charge is -2.16. The number of hydrogen-bond acceptors (Lipinski definition) is 1. The van der Waals surface area contributed by atoms with E-state index in [-0.39, 0.29) is 5.50 Å². The van der Waals surface area contributed by atoms with Crippen molar-refractivity contribution in [2.24, 2.45) is 0 Å². The van der Waals surface area contributed by atoms with E-state index in [1.54, 1.807) is 0 Å². The predicted octanol–water partition coefficient (Wildman–Crippen LogP) is 2.30. The minimum atomic E-state index is -0.104. The van der Waals surface area contributed by atoms with Crippen LogP contribution >= 0.6 is 11.6 Å². The highest BCUT2D eigenvalue weighted by Gasteiger charge is 2.11. The normalized spacial score (nSPS) is 20.6. The third-order valence-electron chi connectivity index (χ3n) is 1.69. The summed E-state index contributed by atoms with van der Waals surface area (Å²) >= 11 is 5.96. The minimum Gasteiger partial charge on any atom is -0.372 e. The molecule has 1 N–H and O–H groups in total. The maximum atomic E-state index is 5.96. The van der Waals surface area contributed by atoms with Crippen LogP contribution in [0.1, 0.15) is 16.6 Å². The van der Waals surface area contributed by atoms with Gasteiger partial charge in [-0.1, -0.05) is 29.8 Å². The summed E-state index contributed by atoms with van der Waals surface area (Å²) in [4.78, 5) is 0. The standard InChI is InChI=1S/C9H7ClN/c10-9-8-4-2-1-3-7(8)5-6-11-9/h1-2,4-6,9,11H. The lowest BCUT2D eigenvalue weighted by Crippen LogP contribution is -2.13. The van der Waals surface area contributed by atoms with Crippen LogP contribution in [-0.2, 0) is 0 Å². The van der Waals surface area contributed by atoms with Gasteiger partial charge in [-0.3, -0.25) is 0 Å². The van der Waals surface area contributed by atoms with Crippen LogP contribution in [0.2, 0.25) is 0 Å². The van der Waals surface area contributed by atoms with Gasteiger partial charge in [0.15, 0.2) is 0 Å². The third-order valence-corrected chi connectivity index (χ3v) is 2.05. The summed E-state index contributed by atoms with van der Waals surface area (Å²) in [5, 5.41) is 3.00. The van der Waals surface area contributed by atoms with Crippen molar-refractivity contribution >= 4 is 17.7 Å². The van der Waals surface area contributed by atoms with E-state index in [4.69, 9.17) is 11.6 Å². The molecule has 1 aromatic carbocycles. The van der Waals surface area contributed by atoms with Crippen molar-refractivity contribution in [3.8, 4) is 0 Å². The van der Waals surface area contributed by atoms with Crippen molar-refractivity contribution in [3.05, 3.63) is 41.6 Å². The van der Waals surface area contributed by atoms with Gasteiger partial charge in [0.25, 0.3) is 0 Å². The maximum absolute atomic E-state index is 5.96. The van der Waals surface area contributed by atoms with Crippen molar-refractivity contribution in [3.63, 3.8) is 0 Å². The van der Waals surface area contributed by atoms with Crippen LogP contribution in [0.3, 0.4) is 0 Å². The number of fused-ring (bicyclic) bond motifs is 1. The Balaban J connectivity index is 2.54. The van der Waals surface area contributed by atoms with Crippen LogP contribution in [0.4, 0.5) is 0 Å². The first-order chi connectivity index (χ1) is 5.38. The molecular formula is C9H7ClN. The van der Waals surface area contributed by atoms with Crippen LogP contribution in [0, 0.1) is 6.07 Å². The first kappa shape index (κ1) is 6.74. The molecule has 0 aromatic heterocycles. The highest BCUT2D eigenvalue weighted by molar-refractivity contribution is 6.21. The van der Waals surface area contributed by atoms with Gasteiger partial charge in [-0.15, -0.1) is 0 Å². The molecule has 11 heavy (non-hydrogen) atoms. The molecule has 1 unspecified atom stereocenters. The van der Waals surface area contributed by atoms with E-state index in [1.807, 2.05) is 30.5 Å². The molecule has 1 nitrogen and oxygen atoms in total. The first-order valence-corrected chi connectivity index (χ1v) is 3.89. The molecule has 0 saturated carbocycles. The van der Waals surface area contributed by atoms with E-state index in [2.05, 4.69) is 11.4 Å². The summed E-state index contributed by atoms with van der Waals surface area (Å²) in [6.07, 6.45) is 3.81. The summed E-state index contributed by atoms with van der Waals surface area (Å²) in [5.74, 6) is 0. The number of hydrogen-bond donors (Lipinski definition) is 1. The highest BCUT2D eigenvalue weighted by atomic mass is 35.5. The highest BCUT2D eigenvalue weighted by Crippen LogP contribution is 2.24. The smallest absolute Gasteiger partial charge is 0.127 e. The van der Waals surface area contributed by atoms with Gasteiger partial charge in [0, 0.05) is 0 Å². The lowest BCUT2D eigenvalue weighted by molar-refractivity contribution is 0.821. The second-order valence-corrected chi connectivity index (χ2v) is 2.84. The largest absolute Gasteiger partial charge is 0.372 e. The van der Waals surface area contributed by atoms with Gasteiger partial charge in [-0.25, -0.2) is 0 Å². The molecular weight excluding hydrogens is 158 g/mol. The van der Waals surface area contributed by atoms with Gasteiger partial charge in [-0.2, -0.15) is 0 Å². The molecule has 1 aliphatic heterocycles. The SMILES string of the molecule is ClC1NC=Cc2[c]cccc21. The summed E-state index contributed by atoms with van der Waals surface area (Å²) in [6, 6.07) is 8.93. The Hall–Kier alpha value is -0.950. The molecule has 0 spiro atoms. The van der Waals surface area contributed by atoms with Gasteiger partial charge in [0.2, 0.25) is 0 Å². The van der Waals surface area contributed by atoms with Crippen molar-refractivity contribution < 1.29 is 0 Å². The van der Waals surface area contributed by atoms with Crippen LogP contribution in [0.5, 0.6) is 0 Å². The average Bonchev–Trinajstić information content (AvgIpc) is 2.06. The van der Waals surface area contributed by atoms with Crippen molar-refractivity contribution in [2.75, 3.05) is 0 Å². The topological polar surface area (TPSA) is 12.0 Å². The Morgan fingerprint density at radius 1 is 1.55 bits per heavy atom. The molecule has 1 atom stereocenters. The second-order valence-electron chi connectivity index (χ2n) is 2.40. The van der Waals surface area contributed by atoms with Crippen LogP contribution in [0.15, 0.2) is 24.4 Å². The van der Waals surface area contributed by atoms with E-state index in [1.165, 1.54) is 0 Å². The molecule has 0 bridgehead atoms. The van der Waals surface area contributed by atoms with E-state index in [9.17, 15) is 0 Å². The van der Waals surface area contributed by atoms with Crippen molar-refractivity contribution in [2.45, 2.75) is 5.50 Å². The number of rotatable bonds is 0. The van der Waals surface area contributed by atoms with Gasteiger partial charge >= 0.3 is 0 Å².